The highest BCUT2D eigenvalue weighted by molar-refractivity contribution is 14.0. The van der Waals surface area contributed by atoms with Gasteiger partial charge >= 0.3 is 0 Å². The number of methoxy groups -OCH3 is 1. The lowest BCUT2D eigenvalue weighted by Crippen LogP contribution is -2.44. The summed E-state index contributed by atoms with van der Waals surface area (Å²) in [5.41, 5.74) is 0.460. The zero-order valence-electron chi connectivity index (χ0n) is 11.9. The Bertz CT molecular complexity index is 319. The number of aliphatic imine (C=N–C) groups is 1. The maximum absolute atomic E-state index is 5.18. The van der Waals surface area contributed by atoms with Gasteiger partial charge in [-0.3, -0.25) is 4.99 Å². The van der Waals surface area contributed by atoms with Gasteiger partial charge < -0.3 is 15.4 Å². The molecule has 2 N–H and O–H groups in total. The van der Waals surface area contributed by atoms with Crippen LogP contribution in [0.2, 0.25) is 0 Å². The molecule has 0 aromatic carbocycles. The van der Waals surface area contributed by atoms with Crippen LogP contribution in [-0.2, 0) is 4.74 Å². The van der Waals surface area contributed by atoms with Gasteiger partial charge in [0.1, 0.15) is 0 Å². The molecule has 0 heterocycles. The quantitative estimate of drug-likeness (QED) is 0.322. The summed E-state index contributed by atoms with van der Waals surface area (Å²) in [5, 5.41) is 6.93. The molecule has 0 atom stereocenters. The summed E-state index contributed by atoms with van der Waals surface area (Å²) in [6, 6.07) is 0.519. The van der Waals surface area contributed by atoms with Crippen molar-refractivity contribution in [2.24, 2.45) is 10.4 Å². The standard InChI is InChI=1S/C14H25N3O.HI/c1-15-13(17-12-5-3-4-6-12)16-11-14(7-8-14)9-10-18-2;/h3-4,12H,5-11H2,1-2H3,(H2,15,16,17);1H. The highest BCUT2D eigenvalue weighted by Gasteiger charge is 2.41. The average Bonchev–Trinajstić information content (AvgIpc) is 2.98. The van der Waals surface area contributed by atoms with Gasteiger partial charge in [-0.25, -0.2) is 0 Å². The van der Waals surface area contributed by atoms with Crippen LogP contribution in [0.5, 0.6) is 0 Å². The SMILES string of the molecule is CN=C(NCC1(CCOC)CC1)NC1CC=CC1.I. The van der Waals surface area contributed by atoms with Gasteiger partial charge in [0, 0.05) is 33.4 Å². The van der Waals surface area contributed by atoms with Crippen LogP contribution in [0.3, 0.4) is 0 Å². The third-order valence-electron chi connectivity index (χ3n) is 4.00. The van der Waals surface area contributed by atoms with E-state index in [-0.39, 0.29) is 24.0 Å². The molecule has 2 aliphatic rings. The van der Waals surface area contributed by atoms with Gasteiger partial charge in [-0.2, -0.15) is 0 Å². The van der Waals surface area contributed by atoms with Crippen LogP contribution in [0.15, 0.2) is 17.1 Å². The predicted molar refractivity (Wildman–Crippen MR) is 90.2 cm³/mol. The van der Waals surface area contributed by atoms with E-state index in [9.17, 15) is 0 Å². The lowest BCUT2D eigenvalue weighted by Gasteiger charge is -2.20. The van der Waals surface area contributed by atoms with Crippen LogP contribution in [0, 0.1) is 5.41 Å². The molecule has 0 aromatic heterocycles. The van der Waals surface area contributed by atoms with Gasteiger partial charge in [-0.15, -0.1) is 24.0 Å². The van der Waals surface area contributed by atoms with Gasteiger partial charge in [0.15, 0.2) is 5.96 Å². The summed E-state index contributed by atoms with van der Waals surface area (Å²) in [6.45, 7) is 1.87. The van der Waals surface area contributed by atoms with Gasteiger partial charge in [0.2, 0.25) is 0 Å². The number of guanidine groups is 1. The van der Waals surface area contributed by atoms with Crippen molar-refractivity contribution < 1.29 is 4.74 Å². The van der Waals surface area contributed by atoms with Crippen LogP contribution in [0.1, 0.15) is 32.1 Å². The van der Waals surface area contributed by atoms with E-state index < -0.39 is 0 Å². The molecule has 0 unspecified atom stereocenters. The Balaban J connectivity index is 0.00000180. The number of hydrogen-bond donors (Lipinski definition) is 2. The van der Waals surface area contributed by atoms with Crippen LogP contribution < -0.4 is 10.6 Å². The molecule has 0 aliphatic heterocycles. The molecule has 0 saturated heterocycles. The van der Waals surface area contributed by atoms with E-state index in [0.29, 0.717) is 11.5 Å². The molecule has 2 rings (SSSR count). The first-order valence-electron chi connectivity index (χ1n) is 6.89. The van der Waals surface area contributed by atoms with Crippen molar-refractivity contribution in [2.75, 3.05) is 27.3 Å². The molecule has 4 nitrogen and oxygen atoms in total. The lowest BCUT2D eigenvalue weighted by atomic mass is 10.0. The zero-order valence-corrected chi connectivity index (χ0v) is 14.3. The second-order valence-corrected chi connectivity index (χ2v) is 5.45. The van der Waals surface area contributed by atoms with E-state index in [1.165, 1.54) is 12.8 Å². The largest absolute Gasteiger partial charge is 0.385 e. The van der Waals surface area contributed by atoms with Crippen molar-refractivity contribution >= 4 is 29.9 Å². The normalized spacial score (nSPS) is 21.1. The molecule has 0 aromatic rings. The summed E-state index contributed by atoms with van der Waals surface area (Å²) < 4.78 is 5.18. The second-order valence-electron chi connectivity index (χ2n) is 5.45. The molecule has 0 bridgehead atoms. The predicted octanol–water partition coefficient (Wildman–Crippen LogP) is 2.30. The van der Waals surface area contributed by atoms with Crippen molar-refractivity contribution in [3.8, 4) is 0 Å². The summed E-state index contributed by atoms with van der Waals surface area (Å²) in [4.78, 5) is 4.30. The Hall–Kier alpha value is -0.300. The van der Waals surface area contributed by atoms with Gasteiger partial charge in [0.05, 0.1) is 0 Å². The molecule has 0 spiro atoms. The molecule has 2 aliphatic carbocycles. The molecule has 1 saturated carbocycles. The zero-order chi connectivity index (χ0) is 12.8. The third kappa shape index (κ3) is 5.30. The highest BCUT2D eigenvalue weighted by atomic mass is 127. The molecule has 0 radical (unpaired) electrons. The minimum absolute atomic E-state index is 0. The third-order valence-corrected chi connectivity index (χ3v) is 4.00. The van der Waals surface area contributed by atoms with E-state index in [1.54, 1.807) is 7.11 Å². The number of nitrogens with zero attached hydrogens (tertiary/aromatic N) is 1. The van der Waals surface area contributed by atoms with Crippen molar-refractivity contribution in [3.05, 3.63) is 12.2 Å². The van der Waals surface area contributed by atoms with E-state index in [4.69, 9.17) is 4.74 Å². The fraction of sp³-hybridized carbons (Fsp3) is 0.786. The number of nitrogens with one attached hydrogen (secondary N) is 2. The first-order valence-corrected chi connectivity index (χ1v) is 6.89. The monoisotopic (exact) mass is 379 g/mol. The molecule has 19 heavy (non-hydrogen) atoms. The van der Waals surface area contributed by atoms with Gasteiger partial charge in [-0.1, -0.05) is 12.2 Å². The van der Waals surface area contributed by atoms with Crippen molar-refractivity contribution in [2.45, 2.75) is 38.1 Å². The van der Waals surface area contributed by atoms with Crippen molar-refractivity contribution in [1.29, 1.82) is 0 Å². The highest BCUT2D eigenvalue weighted by Crippen LogP contribution is 2.48. The summed E-state index contributed by atoms with van der Waals surface area (Å²) >= 11 is 0. The van der Waals surface area contributed by atoms with Gasteiger partial charge in [0.25, 0.3) is 0 Å². The van der Waals surface area contributed by atoms with Crippen LogP contribution in [0.25, 0.3) is 0 Å². The topological polar surface area (TPSA) is 45.7 Å². The number of halogens is 1. The molecular weight excluding hydrogens is 353 g/mol. The first kappa shape index (κ1) is 16.8. The van der Waals surface area contributed by atoms with Gasteiger partial charge in [-0.05, 0) is 37.5 Å². The minimum Gasteiger partial charge on any atom is -0.385 e. The lowest BCUT2D eigenvalue weighted by molar-refractivity contribution is 0.172. The van der Waals surface area contributed by atoms with E-state index in [2.05, 4.69) is 27.8 Å². The number of ether oxygens (including phenoxy) is 1. The van der Waals surface area contributed by atoms with Crippen molar-refractivity contribution in [3.63, 3.8) is 0 Å². The fourth-order valence-electron chi connectivity index (χ4n) is 2.40. The molecule has 110 valence electrons. The second kappa shape index (κ2) is 8.09. The van der Waals surface area contributed by atoms with E-state index in [0.717, 1.165) is 38.4 Å². The molecule has 0 amide bonds. The summed E-state index contributed by atoms with van der Waals surface area (Å²) in [7, 11) is 3.61. The van der Waals surface area contributed by atoms with E-state index >= 15 is 0 Å². The molecular formula is C14H26IN3O. The first-order chi connectivity index (χ1) is 8.78. The number of rotatable bonds is 6. The van der Waals surface area contributed by atoms with E-state index in [1.807, 2.05) is 7.05 Å². The molecule has 1 fully saturated rings. The minimum atomic E-state index is 0. The van der Waals surface area contributed by atoms with Crippen LogP contribution in [-0.4, -0.2) is 39.3 Å². The Labute approximate surface area is 133 Å². The maximum atomic E-state index is 5.18. The number of hydrogen-bond acceptors (Lipinski definition) is 2. The average molecular weight is 379 g/mol. The Morgan fingerprint density at radius 3 is 2.58 bits per heavy atom. The fourth-order valence-corrected chi connectivity index (χ4v) is 2.40. The Morgan fingerprint density at radius 1 is 1.37 bits per heavy atom. The molecule has 5 heteroatoms. The Morgan fingerprint density at radius 2 is 2.05 bits per heavy atom. The summed E-state index contributed by atoms with van der Waals surface area (Å²) in [5.74, 6) is 0.937. The maximum Gasteiger partial charge on any atom is 0.191 e. The smallest absolute Gasteiger partial charge is 0.191 e. The Kier molecular flexibility index (Phi) is 7.13. The van der Waals surface area contributed by atoms with Crippen molar-refractivity contribution in [1.82, 2.24) is 10.6 Å². The summed E-state index contributed by atoms with van der Waals surface area (Å²) in [6.07, 6.45) is 10.4. The van der Waals surface area contributed by atoms with Crippen LogP contribution in [0.4, 0.5) is 0 Å². The van der Waals surface area contributed by atoms with Crippen LogP contribution >= 0.6 is 24.0 Å².